The third-order valence-corrected chi connectivity index (χ3v) is 10.3. The van der Waals surface area contributed by atoms with Crippen molar-refractivity contribution in [1.82, 2.24) is 0 Å². The van der Waals surface area contributed by atoms with Crippen molar-refractivity contribution in [2.24, 2.45) is 5.16 Å². The van der Waals surface area contributed by atoms with Crippen LogP contribution in [0.4, 0.5) is 0 Å². The molecule has 4 saturated heterocycles. The van der Waals surface area contributed by atoms with Gasteiger partial charge in [-0.3, -0.25) is 0 Å². The van der Waals surface area contributed by atoms with Crippen LogP contribution in [0.5, 0.6) is 0 Å². The molecule has 324 valence electrons. The van der Waals surface area contributed by atoms with E-state index in [0.717, 1.165) is 0 Å². The Morgan fingerprint density at radius 3 is 1.60 bits per heavy atom. The van der Waals surface area contributed by atoms with Gasteiger partial charge >= 0.3 is 23.9 Å². The lowest BCUT2D eigenvalue weighted by Gasteiger charge is -2.41. The maximum atomic E-state index is 14.0. The quantitative estimate of drug-likeness (QED) is 0.0738. The molecule has 0 aliphatic carbocycles. The molecule has 0 bridgehead atoms. The molecule has 16 nitrogen and oxygen atoms in total. The summed E-state index contributed by atoms with van der Waals surface area (Å²) in [6, 6.07) is 32.4. The molecule has 4 aromatic rings. The van der Waals surface area contributed by atoms with E-state index in [-0.39, 0.29) is 34.6 Å². The van der Waals surface area contributed by atoms with Gasteiger partial charge in [-0.05, 0) is 76.2 Å². The lowest BCUT2D eigenvalue weighted by Crippen LogP contribution is -2.61. The van der Waals surface area contributed by atoms with E-state index in [1.165, 1.54) is 36.4 Å². The van der Waals surface area contributed by atoms with Crippen molar-refractivity contribution >= 4 is 29.6 Å². The number of ether oxygens (including phenoxy) is 10. The number of benzene rings is 4. The summed E-state index contributed by atoms with van der Waals surface area (Å²) >= 11 is 0. The Bertz CT molecular complexity index is 2240. The predicted octanol–water partition coefficient (Wildman–Crippen LogP) is 5.65. The number of fused-ring (bicyclic) bond motifs is 3. The second-order valence-corrected chi connectivity index (χ2v) is 15.7. The Hall–Kier alpha value is -5.85. The minimum Gasteiger partial charge on any atom is -0.459 e. The number of esters is 3. The Balaban J connectivity index is 1.17. The van der Waals surface area contributed by atoms with Gasteiger partial charge in [-0.2, -0.15) is 0 Å². The van der Waals surface area contributed by atoms with Gasteiger partial charge in [0, 0.05) is 0 Å². The molecule has 0 unspecified atom stereocenters. The highest BCUT2D eigenvalue weighted by molar-refractivity contribution is 5.98. The number of carbonyl (C=O) groups is 4. The third-order valence-electron chi connectivity index (χ3n) is 10.3. The zero-order chi connectivity index (χ0) is 43.4. The fourth-order valence-electron chi connectivity index (χ4n) is 7.49. The van der Waals surface area contributed by atoms with Crippen LogP contribution in [0.3, 0.4) is 0 Å². The Labute approximate surface area is 356 Å². The normalized spacial score (nSPS) is 28.8. The SMILES string of the molecule is CC1(C)O[C@H]2[C@@H](O1)[C@@H](CO[C@H]1O[C@H](COC(=O)c3ccccc3)[C@H](OC(=O)c3ccccc3)[C@H](OC(=O)c3ccccc3)/C1=N\OC(=O)c1ccccc1)O[C@@H]1OC(C)(C)O[C@@H]12. The first-order chi connectivity index (χ1) is 29.8. The zero-order valence-corrected chi connectivity index (χ0v) is 34.2. The van der Waals surface area contributed by atoms with Crippen molar-refractivity contribution < 1.29 is 71.4 Å². The van der Waals surface area contributed by atoms with Crippen LogP contribution < -0.4 is 0 Å². The number of carbonyl (C=O) groups excluding carboxylic acids is 4. The molecule has 0 radical (unpaired) electrons. The molecule has 9 atom stereocenters. The van der Waals surface area contributed by atoms with E-state index in [0.29, 0.717) is 0 Å². The second kappa shape index (κ2) is 18.2. The first-order valence-corrected chi connectivity index (χ1v) is 20.1. The largest absolute Gasteiger partial charge is 0.459 e. The van der Waals surface area contributed by atoms with E-state index in [1.54, 1.807) is 113 Å². The van der Waals surface area contributed by atoms with E-state index < -0.39 is 97.4 Å². The summed E-state index contributed by atoms with van der Waals surface area (Å²) in [5.74, 6) is -5.30. The molecule has 4 aliphatic heterocycles. The molecule has 4 heterocycles. The van der Waals surface area contributed by atoms with Crippen molar-refractivity contribution in [3.05, 3.63) is 144 Å². The summed E-state index contributed by atoms with van der Waals surface area (Å²) < 4.78 is 62.1. The molecule has 4 fully saturated rings. The molecule has 4 aliphatic rings. The third kappa shape index (κ3) is 9.77. The minimum absolute atomic E-state index is 0.135. The van der Waals surface area contributed by atoms with Gasteiger partial charge < -0.3 is 52.2 Å². The smallest absolute Gasteiger partial charge is 0.365 e. The molecule has 0 aromatic heterocycles. The Kier molecular flexibility index (Phi) is 12.6. The lowest BCUT2D eigenvalue weighted by atomic mass is 9.98. The fourth-order valence-corrected chi connectivity index (χ4v) is 7.49. The van der Waals surface area contributed by atoms with Crippen LogP contribution in [0.15, 0.2) is 126 Å². The first kappa shape index (κ1) is 42.8. The maximum Gasteiger partial charge on any atom is 0.365 e. The summed E-state index contributed by atoms with van der Waals surface area (Å²) in [5.41, 5.74) is 0.363. The van der Waals surface area contributed by atoms with Crippen LogP contribution in [0.2, 0.25) is 0 Å². The van der Waals surface area contributed by atoms with E-state index >= 15 is 0 Å². The van der Waals surface area contributed by atoms with Crippen molar-refractivity contribution in [3.63, 3.8) is 0 Å². The van der Waals surface area contributed by atoms with Gasteiger partial charge in [-0.25, -0.2) is 19.2 Å². The first-order valence-electron chi connectivity index (χ1n) is 20.1. The summed E-state index contributed by atoms with van der Waals surface area (Å²) in [4.78, 5) is 60.0. The molecule has 0 amide bonds. The second-order valence-electron chi connectivity index (χ2n) is 15.7. The maximum absolute atomic E-state index is 14.0. The summed E-state index contributed by atoms with van der Waals surface area (Å²) in [6.45, 7) is 6.23. The van der Waals surface area contributed by atoms with Gasteiger partial charge in [0.1, 0.15) is 37.1 Å². The summed E-state index contributed by atoms with van der Waals surface area (Å²) in [7, 11) is 0. The Morgan fingerprint density at radius 2 is 1.02 bits per heavy atom. The highest BCUT2D eigenvalue weighted by atomic mass is 16.9. The zero-order valence-electron chi connectivity index (χ0n) is 34.2. The highest BCUT2D eigenvalue weighted by Crippen LogP contribution is 2.44. The fraction of sp³-hybridized carbons (Fsp3) is 0.370. The number of oxime groups is 1. The molecule has 4 aromatic carbocycles. The van der Waals surface area contributed by atoms with Crippen LogP contribution in [0, 0.1) is 0 Å². The van der Waals surface area contributed by atoms with E-state index in [9.17, 15) is 19.2 Å². The average molecular weight is 852 g/mol. The van der Waals surface area contributed by atoms with E-state index in [1.807, 2.05) is 0 Å². The van der Waals surface area contributed by atoms with Gasteiger partial charge in [-0.15, -0.1) is 0 Å². The molecule has 16 heteroatoms. The molecular formula is C46H45NO15. The van der Waals surface area contributed by atoms with Gasteiger partial charge in [0.2, 0.25) is 6.29 Å². The molecular weight excluding hydrogens is 806 g/mol. The highest BCUT2D eigenvalue weighted by Gasteiger charge is 2.61. The summed E-state index contributed by atoms with van der Waals surface area (Å²) in [5, 5.41) is 4.20. The lowest BCUT2D eigenvalue weighted by molar-refractivity contribution is -0.260. The predicted molar refractivity (Wildman–Crippen MR) is 214 cm³/mol. The van der Waals surface area contributed by atoms with Crippen LogP contribution in [-0.4, -0.2) is 110 Å². The number of hydrogen-bond donors (Lipinski definition) is 0. The molecule has 0 N–H and O–H groups in total. The number of nitrogens with zero attached hydrogens (tertiary/aromatic N) is 1. The standard InChI is InChI=1S/C46H45NO15/c1-45(2)58-35-32(55-44-38(37(35)59-45)60-46(3,4)61-44)26-53-43-33(47-62-42(51)30-23-15-8-16-24-30)36(57-41(50)29-21-13-7-14-22-29)34(56-40(49)28-19-11-6-12-20-28)31(54-43)25-52-39(48)27-17-9-5-10-18-27/h5-24,31-32,34-38,43-44H,25-26H2,1-4H3/b47-33+/t31-,32-,34+,35+,36-,37+,38-,43+,44-/m1/s1. The average Bonchev–Trinajstić information content (AvgIpc) is 3.79. The van der Waals surface area contributed by atoms with Crippen LogP contribution in [-0.2, 0) is 52.2 Å². The molecule has 0 saturated carbocycles. The Morgan fingerprint density at radius 1 is 0.532 bits per heavy atom. The number of hydrogen-bond acceptors (Lipinski definition) is 16. The molecule has 62 heavy (non-hydrogen) atoms. The monoisotopic (exact) mass is 851 g/mol. The van der Waals surface area contributed by atoms with Crippen LogP contribution in [0.1, 0.15) is 69.1 Å². The van der Waals surface area contributed by atoms with Crippen LogP contribution in [0.25, 0.3) is 0 Å². The summed E-state index contributed by atoms with van der Waals surface area (Å²) in [6.07, 6.45) is -9.94. The van der Waals surface area contributed by atoms with E-state index in [4.69, 9.17) is 52.2 Å². The van der Waals surface area contributed by atoms with Gasteiger partial charge in [-0.1, -0.05) is 78.0 Å². The minimum atomic E-state index is -1.67. The topological polar surface area (TPSA) is 182 Å². The van der Waals surface area contributed by atoms with Gasteiger partial charge in [0.05, 0.1) is 28.9 Å². The number of rotatable bonds is 12. The van der Waals surface area contributed by atoms with Crippen molar-refractivity contribution in [2.75, 3.05) is 13.2 Å². The van der Waals surface area contributed by atoms with E-state index in [2.05, 4.69) is 5.16 Å². The van der Waals surface area contributed by atoms with Gasteiger partial charge in [0.15, 0.2) is 35.8 Å². The molecule has 8 rings (SSSR count). The van der Waals surface area contributed by atoms with Gasteiger partial charge in [0.25, 0.3) is 0 Å². The van der Waals surface area contributed by atoms with Crippen molar-refractivity contribution in [3.8, 4) is 0 Å². The van der Waals surface area contributed by atoms with Crippen LogP contribution >= 0.6 is 0 Å². The molecule has 0 spiro atoms. The van der Waals surface area contributed by atoms with Crippen molar-refractivity contribution in [1.29, 1.82) is 0 Å². The van der Waals surface area contributed by atoms with Crippen molar-refractivity contribution in [2.45, 2.75) is 94.6 Å².